The molecule has 0 amide bonds. The highest BCUT2D eigenvalue weighted by molar-refractivity contribution is 5.31. The van der Waals surface area contributed by atoms with Gasteiger partial charge in [-0.25, -0.2) is 8.78 Å². The largest absolute Gasteiger partial charge is 0.487 e. The van der Waals surface area contributed by atoms with E-state index in [0.717, 1.165) is 19.3 Å². The van der Waals surface area contributed by atoms with Crippen molar-refractivity contribution in [1.82, 2.24) is 0 Å². The van der Waals surface area contributed by atoms with Crippen molar-refractivity contribution >= 4 is 0 Å². The van der Waals surface area contributed by atoms with Crippen molar-refractivity contribution in [2.24, 2.45) is 11.7 Å². The van der Waals surface area contributed by atoms with Gasteiger partial charge in [-0.3, -0.25) is 0 Å². The molecule has 2 rings (SSSR count). The average molecular weight is 297 g/mol. The highest BCUT2D eigenvalue weighted by Gasteiger charge is 2.18. The zero-order valence-electron chi connectivity index (χ0n) is 12.7. The second-order valence-electron chi connectivity index (χ2n) is 6.08. The number of benzene rings is 1. The minimum atomic E-state index is -0.621. The van der Waals surface area contributed by atoms with Gasteiger partial charge < -0.3 is 10.5 Å². The van der Waals surface area contributed by atoms with Crippen molar-refractivity contribution in [3.63, 3.8) is 0 Å². The monoisotopic (exact) mass is 297 g/mol. The quantitative estimate of drug-likeness (QED) is 0.854. The summed E-state index contributed by atoms with van der Waals surface area (Å²) in [4.78, 5) is 0. The predicted octanol–water partition coefficient (Wildman–Crippen LogP) is 4.20. The summed E-state index contributed by atoms with van der Waals surface area (Å²) >= 11 is 0. The third-order valence-electron chi connectivity index (χ3n) is 4.27. The number of hydrogen-bond acceptors (Lipinski definition) is 2. The van der Waals surface area contributed by atoms with Crippen LogP contribution in [0.15, 0.2) is 12.1 Å². The molecule has 1 aliphatic carbocycles. The molecule has 0 spiro atoms. The summed E-state index contributed by atoms with van der Waals surface area (Å²) in [6.07, 6.45) is 7.07. The fraction of sp³-hybridized carbons (Fsp3) is 0.647. The fourth-order valence-electron chi connectivity index (χ4n) is 2.87. The molecule has 1 aromatic rings. The van der Waals surface area contributed by atoms with E-state index in [1.165, 1.54) is 31.4 Å². The van der Waals surface area contributed by atoms with E-state index < -0.39 is 11.6 Å². The predicted molar refractivity (Wildman–Crippen MR) is 80.4 cm³/mol. The molecule has 0 radical (unpaired) electrons. The van der Waals surface area contributed by atoms with Crippen molar-refractivity contribution in [2.45, 2.75) is 57.9 Å². The molecule has 0 bridgehead atoms. The van der Waals surface area contributed by atoms with E-state index in [1.807, 2.05) is 6.92 Å². The van der Waals surface area contributed by atoms with Gasteiger partial charge >= 0.3 is 0 Å². The van der Waals surface area contributed by atoms with E-state index in [-0.39, 0.29) is 11.8 Å². The first-order valence-corrected chi connectivity index (χ1v) is 7.96. The van der Waals surface area contributed by atoms with Crippen LogP contribution in [0.3, 0.4) is 0 Å². The van der Waals surface area contributed by atoms with Crippen molar-refractivity contribution in [3.05, 3.63) is 29.3 Å². The standard InChI is InChI=1S/C17H25F2NO/c1-2-14(20)8-13-9-15(18)17(16(19)10-13)21-11-12-6-4-3-5-7-12/h9-10,12,14H,2-8,11,20H2,1H3. The molecule has 1 saturated carbocycles. The Labute approximate surface area is 125 Å². The van der Waals surface area contributed by atoms with Gasteiger partial charge in [0.25, 0.3) is 0 Å². The molecule has 0 aliphatic heterocycles. The molecule has 21 heavy (non-hydrogen) atoms. The van der Waals surface area contributed by atoms with Crippen LogP contribution in [-0.4, -0.2) is 12.6 Å². The molecule has 1 unspecified atom stereocenters. The number of hydrogen-bond donors (Lipinski definition) is 1. The highest BCUT2D eigenvalue weighted by Crippen LogP contribution is 2.28. The Hall–Kier alpha value is -1.16. The van der Waals surface area contributed by atoms with Crippen LogP contribution in [-0.2, 0) is 6.42 Å². The highest BCUT2D eigenvalue weighted by atomic mass is 19.1. The number of halogens is 2. The van der Waals surface area contributed by atoms with Gasteiger partial charge in [-0.1, -0.05) is 26.2 Å². The summed E-state index contributed by atoms with van der Waals surface area (Å²) in [6, 6.07) is 2.61. The Morgan fingerprint density at radius 3 is 2.38 bits per heavy atom. The summed E-state index contributed by atoms with van der Waals surface area (Å²) < 4.78 is 33.4. The molecular formula is C17H25F2NO. The van der Waals surface area contributed by atoms with Gasteiger partial charge in [-0.05, 0) is 49.3 Å². The van der Waals surface area contributed by atoms with Crippen LogP contribution in [0.5, 0.6) is 5.75 Å². The Morgan fingerprint density at radius 2 is 1.81 bits per heavy atom. The van der Waals surface area contributed by atoms with Gasteiger partial charge in [-0.2, -0.15) is 0 Å². The Kier molecular flexibility index (Phi) is 5.97. The van der Waals surface area contributed by atoms with Gasteiger partial charge in [-0.15, -0.1) is 0 Å². The third kappa shape index (κ3) is 4.67. The molecule has 1 atom stereocenters. The first-order chi connectivity index (χ1) is 10.1. The molecule has 0 aromatic heterocycles. The molecule has 0 heterocycles. The van der Waals surface area contributed by atoms with Crippen molar-refractivity contribution in [1.29, 1.82) is 0 Å². The van der Waals surface area contributed by atoms with Gasteiger partial charge in [0, 0.05) is 6.04 Å². The average Bonchev–Trinajstić information content (AvgIpc) is 2.47. The van der Waals surface area contributed by atoms with Crippen LogP contribution >= 0.6 is 0 Å². The molecule has 1 fully saturated rings. The molecule has 0 saturated heterocycles. The first-order valence-electron chi connectivity index (χ1n) is 7.96. The van der Waals surface area contributed by atoms with Crippen LogP contribution in [0, 0.1) is 17.6 Å². The summed E-state index contributed by atoms with van der Waals surface area (Å²) in [5.74, 6) is -1.06. The Morgan fingerprint density at radius 1 is 1.19 bits per heavy atom. The van der Waals surface area contributed by atoms with Crippen LogP contribution in [0.25, 0.3) is 0 Å². The molecule has 1 aliphatic rings. The molecular weight excluding hydrogens is 272 g/mol. The maximum absolute atomic E-state index is 14.0. The zero-order valence-corrected chi connectivity index (χ0v) is 12.7. The summed E-state index contributed by atoms with van der Waals surface area (Å²) in [7, 11) is 0. The van der Waals surface area contributed by atoms with Crippen molar-refractivity contribution < 1.29 is 13.5 Å². The van der Waals surface area contributed by atoms with E-state index in [9.17, 15) is 8.78 Å². The van der Waals surface area contributed by atoms with Crippen LogP contribution < -0.4 is 10.5 Å². The molecule has 118 valence electrons. The maximum Gasteiger partial charge on any atom is 0.190 e. The Bertz CT molecular complexity index is 435. The number of nitrogens with two attached hydrogens (primary N) is 1. The summed E-state index contributed by atoms with van der Waals surface area (Å²) in [5, 5.41) is 0. The molecule has 2 nitrogen and oxygen atoms in total. The van der Waals surface area contributed by atoms with E-state index in [2.05, 4.69) is 0 Å². The van der Waals surface area contributed by atoms with Crippen LogP contribution in [0.4, 0.5) is 8.78 Å². The van der Waals surface area contributed by atoms with Gasteiger partial charge in [0.05, 0.1) is 6.61 Å². The lowest BCUT2D eigenvalue weighted by atomic mass is 9.90. The van der Waals surface area contributed by atoms with E-state index >= 15 is 0 Å². The molecule has 2 N–H and O–H groups in total. The van der Waals surface area contributed by atoms with E-state index in [1.54, 1.807) is 0 Å². The van der Waals surface area contributed by atoms with E-state index in [4.69, 9.17) is 10.5 Å². The number of rotatable bonds is 6. The fourth-order valence-corrected chi connectivity index (χ4v) is 2.87. The minimum Gasteiger partial charge on any atom is -0.487 e. The first kappa shape index (κ1) is 16.2. The summed E-state index contributed by atoms with van der Waals surface area (Å²) in [6.45, 7) is 2.36. The topological polar surface area (TPSA) is 35.2 Å². The van der Waals surface area contributed by atoms with Crippen molar-refractivity contribution in [3.8, 4) is 5.75 Å². The maximum atomic E-state index is 14.0. The molecule has 4 heteroatoms. The normalized spacial score (nSPS) is 17.7. The van der Waals surface area contributed by atoms with Gasteiger partial charge in [0.1, 0.15) is 0 Å². The second kappa shape index (κ2) is 7.74. The lowest BCUT2D eigenvalue weighted by Crippen LogP contribution is -2.21. The second-order valence-corrected chi connectivity index (χ2v) is 6.08. The van der Waals surface area contributed by atoms with Gasteiger partial charge in [0.2, 0.25) is 0 Å². The van der Waals surface area contributed by atoms with Crippen molar-refractivity contribution in [2.75, 3.05) is 6.61 Å². The lowest BCUT2D eigenvalue weighted by Gasteiger charge is -2.22. The van der Waals surface area contributed by atoms with Gasteiger partial charge in [0.15, 0.2) is 17.4 Å². The Balaban J connectivity index is 1.99. The molecule has 1 aromatic carbocycles. The zero-order chi connectivity index (χ0) is 15.2. The smallest absolute Gasteiger partial charge is 0.190 e. The van der Waals surface area contributed by atoms with Crippen LogP contribution in [0.2, 0.25) is 0 Å². The SMILES string of the molecule is CCC(N)Cc1cc(F)c(OCC2CCCCC2)c(F)c1. The van der Waals surface area contributed by atoms with E-state index in [0.29, 0.717) is 24.5 Å². The number of ether oxygens (including phenoxy) is 1. The third-order valence-corrected chi connectivity index (χ3v) is 4.27. The summed E-state index contributed by atoms with van der Waals surface area (Å²) in [5.41, 5.74) is 6.41. The van der Waals surface area contributed by atoms with Crippen LogP contribution in [0.1, 0.15) is 51.0 Å². The minimum absolute atomic E-state index is 0.0715. The lowest BCUT2D eigenvalue weighted by molar-refractivity contribution is 0.195.